The topological polar surface area (TPSA) is 94.2 Å². The fourth-order valence-electron chi connectivity index (χ4n) is 2.16. The molecule has 30 heavy (non-hydrogen) atoms. The molecule has 2 atom stereocenters. The van der Waals surface area contributed by atoms with Crippen molar-refractivity contribution in [1.29, 1.82) is 0 Å². The molecule has 0 saturated carbocycles. The normalized spacial score (nSPS) is 14.5. The second-order valence-electron chi connectivity index (χ2n) is 6.35. The number of hydrogen-bond acceptors (Lipinski definition) is 6. The van der Waals surface area contributed by atoms with Crippen LogP contribution in [0.2, 0.25) is 0 Å². The minimum Gasteiger partial charge on any atom is -0.465 e. The molecule has 0 bridgehead atoms. The molecule has 1 amide bonds. The fourth-order valence-corrected chi connectivity index (χ4v) is 4.11. The van der Waals surface area contributed by atoms with Crippen LogP contribution in [0, 0.1) is 0 Å². The number of ether oxygens (including phenoxy) is 2. The Morgan fingerprint density at radius 2 is 1.83 bits per heavy atom. The number of nitrogens with one attached hydrogen (secondary N) is 1. The standard InChI is InChI=1S/C18H26F3N2O6P/c1-4-27-16(24)14(2)22-30(26,29-13-18(19,20)21)11-10-23(3)17(25)28-12-15-8-6-5-7-9-15/h5-9,14H,4,10-13H2,1-3H3,(H,22,26)/t14-,30?/m0/s1. The van der Waals surface area contributed by atoms with Crippen LogP contribution in [0.3, 0.4) is 0 Å². The van der Waals surface area contributed by atoms with E-state index in [4.69, 9.17) is 9.47 Å². The molecular weight excluding hydrogens is 428 g/mol. The van der Waals surface area contributed by atoms with E-state index in [0.29, 0.717) is 0 Å². The average Bonchev–Trinajstić information content (AvgIpc) is 2.69. The van der Waals surface area contributed by atoms with Gasteiger partial charge in [-0.1, -0.05) is 30.3 Å². The molecule has 0 radical (unpaired) electrons. The van der Waals surface area contributed by atoms with Gasteiger partial charge in [0.05, 0.1) is 12.8 Å². The van der Waals surface area contributed by atoms with Crippen molar-refractivity contribution in [3.63, 3.8) is 0 Å². The van der Waals surface area contributed by atoms with Gasteiger partial charge in [-0.3, -0.25) is 9.36 Å². The molecule has 0 aliphatic rings. The first-order valence-corrected chi connectivity index (χ1v) is 10.9. The maximum Gasteiger partial charge on any atom is 0.412 e. The number of alkyl halides is 3. The fraction of sp³-hybridized carbons (Fsp3) is 0.556. The van der Waals surface area contributed by atoms with Crippen LogP contribution in [0.1, 0.15) is 19.4 Å². The second-order valence-corrected chi connectivity index (χ2v) is 8.66. The maximum atomic E-state index is 12.9. The minimum absolute atomic E-state index is 0.00436. The summed E-state index contributed by atoms with van der Waals surface area (Å²) in [4.78, 5) is 24.8. The molecule has 0 aliphatic carbocycles. The SMILES string of the molecule is CCOC(=O)[C@H](C)NP(=O)(CCN(C)C(=O)OCc1ccccc1)OCC(F)(F)F. The zero-order valence-corrected chi connectivity index (χ0v) is 17.9. The van der Waals surface area contributed by atoms with Gasteiger partial charge in [0.25, 0.3) is 7.52 Å². The maximum absolute atomic E-state index is 12.9. The lowest BCUT2D eigenvalue weighted by molar-refractivity contribution is -0.153. The lowest BCUT2D eigenvalue weighted by Gasteiger charge is -2.25. The number of nitrogens with zero attached hydrogens (tertiary/aromatic N) is 1. The molecule has 0 aliphatic heterocycles. The Morgan fingerprint density at radius 1 is 1.20 bits per heavy atom. The summed E-state index contributed by atoms with van der Waals surface area (Å²) < 4.78 is 64.9. The molecule has 0 aromatic heterocycles. The van der Waals surface area contributed by atoms with Gasteiger partial charge in [-0.25, -0.2) is 9.88 Å². The Labute approximate surface area is 173 Å². The summed E-state index contributed by atoms with van der Waals surface area (Å²) in [5.74, 6) is -0.788. The predicted molar refractivity (Wildman–Crippen MR) is 103 cm³/mol. The van der Waals surface area contributed by atoms with Crippen LogP contribution >= 0.6 is 7.52 Å². The highest BCUT2D eigenvalue weighted by atomic mass is 31.2. The summed E-state index contributed by atoms with van der Waals surface area (Å²) in [6, 6.07) is 7.70. The zero-order valence-electron chi connectivity index (χ0n) is 17.0. The van der Waals surface area contributed by atoms with Crippen molar-refractivity contribution < 1.29 is 41.3 Å². The van der Waals surface area contributed by atoms with Crippen molar-refractivity contribution in [2.75, 3.05) is 33.0 Å². The van der Waals surface area contributed by atoms with E-state index in [0.717, 1.165) is 10.5 Å². The smallest absolute Gasteiger partial charge is 0.412 e. The highest BCUT2D eigenvalue weighted by Gasteiger charge is 2.36. The first-order valence-electron chi connectivity index (χ1n) is 9.12. The second kappa shape index (κ2) is 11.9. The van der Waals surface area contributed by atoms with E-state index in [1.165, 1.54) is 14.0 Å². The number of carbonyl (C=O) groups is 2. The number of amides is 1. The molecule has 1 aromatic rings. The van der Waals surface area contributed by atoms with Crippen molar-refractivity contribution in [3.05, 3.63) is 35.9 Å². The van der Waals surface area contributed by atoms with Gasteiger partial charge in [-0.2, -0.15) is 13.2 Å². The number of rotatable bonds is 11. The first kappa shape index (κ1) is 25.9. The van der Waals surface area contributed by atoms with Crippen molar-refractivity contribution >= 4 is 19.6 Å². The van der Waals surface area contributed by atoms with E-state index in [1.54, 1.807) is 37.3 Å². The molecule has 1 unspecified atom stereocenters. The lowest BCUT2D eigenvalue weighted by Crippen LogP contribution is -2.37. The third-order valence-electron chi connectivity index (χ3n) is 3.71. The third kappa shape index (κ3) is 10.1. The molecule has 12 heteroatoms. The van der Waals surface area contributed by atoms with Crippen molar-refractivity contribution in [1.82, 2.24) is 9.99 Å². The van der Waals surface area contributed by atoms with Gasteiger partial charge >= 0.3 is 18.2 Å². The zero-order chi connectivity index (χ0) is 22.8. The molecule has 0 fully saturated rings. The molecule has 1 rings (SSSR count). The molecule has 1 N–H and O–H groups in total. The minimum atomic E-state index is -4.72. The number of carbonyl (C=O) groups excluding carboxylic acids is 2. The van der Waals surface area contributed by atoms with E-state index in [1.807, 2.05) is 0 Å². The summed E-state index contributed by atoms with van der Waals surface area (Å²) in [7, 11) is -2.80. The summed E-state index contributed by atoms with van der Waals surface area (Å²) in [5, 5.41) is 2.28. The summed E-state index contributed by atoms with van der Waals surface area (Å²) in [5.41, 5.74) is 0.753. The Morgan fingerprint density at radius 3 is 2.40 bits per heavy atom. The van der Waals surface area contributed by atoms with E-state index >= 15 is 0 Å². The van der Waals surface area contributed by atoms with Crippen LogP contribution in [-0.4, -0.2) is 62.1 Å². The van der Waals surface area contributed by atoms with E-state index in [9.17, 15) is 27.3 Å². The van der Waals surface area contributed by atoms with E-state index < -0.39 is 44.6 Å². The van der Waals surface area contributed by atoms with Crippen LogP contribution in [-0.2, 0) is 30.0 Å². The van der Waals surface area contributed by atoms with Crippen LogP contribution in [0.15, 0.2) is 30.3 Å². The number of esters is 1. The molecule has 0 spiro atoms. The van der Waals surface area contributed by atoms with Crippen LogP contribution < -0.4 is 5.09 Å². The summed E-state index contributed by atoms with van der Waals surface area (Å²) in [6.45, 7) is 0.902. The highest BCUT2D eigenvalue weighted by Crippen LogP contribution is 2.44. The number of hydrogen-bond donors (Lipinski definition) is 1. The van der Waals surface area contributed by atoms with E-state index in [2.05, 4.69) is 9.61 Å². The Kier molecular flexibility index (Phi) is 10.3. The summed E-state index contributed by atoms with van der Waals surface area (Å²) >= 11 is 0. The van der Waals surface area contributed by atoms with Crippen molar-refractivity contribution in [2.45, 2.75) is 32.7 Å². The Bertz CT molecular complexity index is 732. The highest BCUT2D eigenvalue weighted by molar-refractivity contribution is 7.56. The molecule has 0 heterocycles. The average molecular weight is 454 g/mol. The van der Waals surface area contributed by atoms with Gasteiger partial charge in [0, 0.05) is 13.6 Å². The third-order valence-corrected chi connectivity index (χ3v) is 5.83. The number of benzene rings is 1. The summed E-state index contributed by atoms with van der Waals surface area (Å²) in [6.07, 6.45) is -5.94. The van der Waals surface area contributed by atoms with Gasteiger partial charge in [0.2, 0.25) is 0 Å². The molecule has 1 aromatic carbocycles. The van der Waals surface area contributed by atoms with E-state index in [-0.39, 0.29) is 19.8 Å². The monoisotopic (exact) mass is 454 g/mol. The molecule has 0 saturated heterocycles. The largest absolute Gasteiger partial charge is 0.465 e. The Balaban J connectivity index is 2.68. The first-order chi connectivity index (χ1) is 14.0. The van der Waals surface area contributed by atoms with Crippen LogP contribution in [0.4, 0.5) is 18.0 Å². The predicted octanol–water partition coefficient (Wildman–Crippen LogP) is 3.57. The van der Waals surface area contributed by atoms with Gasteiger partial charge in [0.1, 0.15) is 12.6 Å². The molecule has 8 nitrogen and oxygen atoms in total. The van der Waals surface area contributed by atoms with Crippen molar-refractivity contribution in [2.24, 2.45) is 0 Å². The molecule has 170 valence electrons. The van der Waals surface area contributed by atoms with Crippen molar-refractivity contribution in [3.8, 4) is 0 Å². The van der Waals surface area contributed by atoms with Gasteiger partial charge in [-0.05, 0) is 19.4 Å². The van der Waals surface area contributed by atoms with Crippen LogP contribution in [0.5, 0.6) is 0 Å². The van der Waals surface area contributed by atoms with Crippen LogP contribution in [0.25, 0.3) is 0 Å². The Hall–Kier alpha value is -2.10. The van der Waals surface area contributed by atoms with Gasteiger partial charge in [-0.15, -0.1) is 0 Å². The molecular formula is C18H26F3N2O6P. The lowest BCUT2D eigenvalue weighted by atomic mass is 10.2. The van der Waals surface area contributed by atoms with Gasteiger partial charge in [0.15, 0.2) is 6.61 Å². The number of halogens is 3. The quantitative estimate of drug-likeness (QED) is 0.404. The van der Waals surface area contributed by atoms with Gasteiger partial charge < -0.3 is 18.9 Å².